The van der Waals surface area contributed by atoms with Gasteiger partial charge in [0.05, 0.1) is 6.07 Å². The number of likely N-dealkylation sites (tertiary alicyclic amines) is 1. The van der Waals surface area contributed by atoms with Crippen molar-refractivity contribution in [3.63, 3.8) is 0 Å². The van der Waals surface area contributed by atoms with Crippen molar-refractivity contribution in [3.8, 4) is 6.07 Å². The van der Waals surface area contributed by atoms with Crippen molar-refractivity contribution in [2.75, 3.05) is 26.7 Å². The number of hydrogen-bond donors (Lipinski definition) is 1. The Morgan fingerprint density at radius 3 is 2.56 bits per heavy atom. The first-order valence-corrected chi connectivity index (χ1v) is 6.34. The second-order valence-corrected chi connectivity index (χ2v) is 6.23. The van der Waals surface area contributed by atoms with Gasteiger partial charge in [0.2, 0.25) is 0 Å². The molecule has 0 aromatic rings. The van der Waals surface area contributed by atoms with E-state index in [9.17, 15) is 5.26 Å². The summed E-state index contributed by atoms with van der Waals surface area (Å²) < 4.78 is 0. The Hall–Kier alpha value is -0.590. The van der Waals surface area contributed by atoms with E-state index < -0.39 is 0 Å². The van der Waals surface area contributed by atoms with E-state index >= 15 is 0 Å². The summed E-state index contributed by atoms with van der Waals surface area (Å²) in [5, 5.41) is 12.7. The molecule has 1 aliphatic carbocycles. The summed E-state index contributed by atoms with van der Waals surface area (Å²) in [6.07, 6.45) is 3.68. The van der Waals surface area contributed by atoms with Gasteiger partial charge in [-0.25, -0.2) is 0 Å². The monoisotopic (exact) mass is 221 g/mol. The third kappa shape index (κ3) is 2.23. The molecule has 3 nitrogen and oxygen atoms in total. The van der Waals surface area contributed by atoms with E-state index in [1.165, 1.54) is 19.3 Å². The molecule has 2 aliphatic rings. The van der Waals surface area contributed by atoms with Gasteiger partial charge in [-0.3, -0.25) is 4.90 Å². The number of nitriles is 1. The van der Waals surface area contributed by atoms with Gasteiger partial charge in [-0.2, -0.15) is 5.26 Å². The van der Waals surface area contributed by atoms with Crippen LogP contribution in [0, 0.1) is 22.7 Å². The summed E-state index contributed by atoms with van der Waals surface area (Å²) in [5.41, 5.74) is 0.138. The Bertz CT molecular complexity index is 301. The van der Waals surface area contributed by atoms with Gasteiger partial charge in [0.15, 0.2) is 0 Å². The molecule has 2 fully saturated rings. The van der Waals surface area contributed by atoms with E-state index in [1.54, 1.807) is 0 Å². The molecule has 0 aromatic heterocycles. The van der Waals surface area contributed by atoms with Crippen molar-refractivity contribution >= 4 is 0 Å². The van der Waals surface area contributed by atoms with Crippen molar-refractivity contribution in [2.24, 2.45) is 11.3 Å². The van der Waals surface area contributed by atoms with Crippen molar-refractivity contribution in [1.29, 1.82) is 5.26 Å². The Balaban J connectivity index is 2.00. The standard InChI is InChI=1S/C13H23N3/c1-12(2)6-7-16(9-12)10-13(8-14,15-3)11-4-5-11/h11,15H,4-7,9-10H2,1-3H3. The Morgan fingerprint density at radius 1 is 1.50 bits per heavy atom. The van der Waals surface area contributed by atoms with Gasteiger partial charge in [0.25, 0.3) is 0 Å². The molecule has 90 valence electrons. The van der Waals surface area contributed by atoms with Gasteiger partial charge in [-0.1, -0.05) is 13.8 Å². The normalized spacial score (nSPS) is 28.6. The molecular formula is C13H23N3. The predicted octanol–water partition coefficient (Wildman–Crippen LogP) is 1.61. The molecule has 2 rings (SSSR count). The average molecular weight is 221 g/mol. The highest BCUT2D eigenvalue weighted by atomic mass is 15.2. The maximum atomic E-state index is 9.44. The first kappa shape index (κ1) is 11.9. The van der Waals surface area contributed by atoms with Crippen LogP contribution in [0.2, 0.25) is 0 Å². The molecule has 1 saturated carbocycles. The second-order valence-electron chi connectivity index (χ2n) is 6.23. The van der Waals surface area contributed by atoms with Crippen LogP contribution in [0.1, 0.15) is 33.1 Å². The zero-order chi connectivity index (χ0) is 11.8. The Kier molecular flexibility index (Phi) is 2.98. The highest BCUT2D eigenvalue weighted by Gasteiger charge is 2.46. The van der Waals surface area contributed by atoms with Crippen LogP contribution in [0.4, 0.5) is 0 Å². The second kappa shape index (κ2) is 4.01. The molecule has 1 unspecified atom stereocenters. The number of nitrogens with zero attached hydrogens (tertiary/aromatic N) is 2. The van der Waals surface area contributed by atoms with Gasteiger partial charge in [0, 0.05) is 13.1 Å². The van der Waals surface area contributed by atoms with E-state index in [4.69, 9.17) is 0 Å². The molecule has 1 aliphatic heterocycles. The minimum atomic E-state index is -0.291. The summed E-state index contributed by atoms with van der Waals surface area (Å²) >= 11 is 0. The van der Waals surface area contributed by atoms with Crippen molar-refractivity contribution in [1.82, 2.24) is 10.2 Å². The molecule has 0 radical (unpaired) electrons. The third-order valence-electron chi connectivity index (χ3n) is 4.15. The first-order chi connectivity index (χ1) is 7.51. The van der Waals surface area contributed by atoms with Crippen molar-refractivity contribution < 1.29 is 0 Å². The van der Waals surface area contributed by atoms with Gasteiger partial charge in [0.1, 0.15) is 5.54 Å². The molecule has 1 atom stereocenters. The number of rotatable bonds is 4. The van der Waals surface area contributed by atoms with Crippen LogP contribution in [0.25, 0.3) is 0 Å². The molecule has 1 N–H and O–H groups in total. The van der Waals surface area contributed by atoms with Crippen LogP contribution in [-0.4, -0.2) is 37.1 Å². The molecule has 16 heavy (non-hydrogen) atoms. The van der Waals surface area contributed by atoms with Gasteiger partial charge < -0.3 is 5.32 Å². The zero-order valence-corrected chi connectivity index (χ0v) is 10.7. The fourth-order valence-corrected chi connectivity index (χ4v) is 2.88. The van der Waals surface area contributed by atoms with Crippen LogP contribution in [0.3, 0.4) is 0 Å². The van der Waals surface area contributed by atoms with Gasteiger partial charge in [-0.05, 0) is 44.2 Å². The molecule has 0 bridgehead atoms. The minimum Gasteiger partial charge on any atom is -0.301 e. The Labute approximate surface area is 98.8 Å². The first-order valence-electron chi connectivity index (χ1n) is 6.34. The lowest BCUT2D eigenvalue weighted by molar-refractivity contribution is 0.218. The maximum Gasteiger partial charge on any atom is 0.122 e. The molecule has 0 aromatic carbocycles. The molecule has 3 heteroatoms. The molecule has 1 saturated heterocycles. The van der Waals surface area contributed by atoms with Crippen LogP contribution >= 0.6 is 0 Å². The smallest absolute Gasteiger partial charge is 0.122 e. The molecule has 0 amide bonds. The lowest BCUT2D eigenvalue weighted by atomic mass is 9.92. The largest absolute Gasteiger partial charge is 0.301 e. The van der Waals surface area contributed by atoms with Crippen LogP contribution < -0.4 is 5.32 Å². The number of likely N-dealkylation sites (N-methyl/N-ethyl adjacent to an activating group) is 1. The average Bonchev–Trinajstić information content (AvgIpc) is 3.02. The SMILES string of the molecule is CNC(C#N)(CN1CCC(C)(C)C1)C1CC1. The minimum absolute atomic E-state index is 0.291. The Morgan fingerprint density at radius 2 is 2.19 bits per heavy atom. The lowest BCUT2D eigenvalue weighted by Gasteiger charge is -2.31. The summed E-state index contributed by atoms with van der Waals surface area (Å²) in [6, 6.07) is 2.53. The molecular weight excluding hydrogens is 198 g/mol. The third-order valence-corrected chi connectivity index (χ3v) is 4.15. The fraction of sp³-hybridized carbons (Fsp3) is 0.923. The fourth-order valence-electron chi connectivity index (χ4n) is 2.88. The van der Waals surface area contributed by atoms with E-state index in [0.29, 0.717) is 11.3 Å². The zero-order valence-electron chi connectivity index (χ0n) is 10.7. The molecule has 0 spiro atoms. The summed E-state index contributed by atoms with van der Waals surface area (Å²) in [7, 11) is 1.93. The highest BCUT2D eigenvalue weighted by molar-refractivity contribution is 5.16. The van der Waals surface area contributed by atoms with Crippen LogP contribution in [0.5, 0.6) is 0 Å². The van der Waals surface area contributed by atoms with Crippen molar-refractivity contribution in [2.45, 2.75) is 38.6 Å². The summed E-state index contributed by atoms with van der Waals surface area (Å²) in [5.74, 6) is 0.575. The number of hydrogen-bond acceptors (Lipinski definition) is 3. The van der Waals surface area contributed by atoms with Gasteiger partial charge in [-0.15, -0.1) is 0 Å². The summed E-state index contributed by atoms with van der Waals surface area (Å²) in [4.78, 5) is 2.46. The van der Waals surface area contributed by atoms with E-state index in [-0.39, 0.29) is 5.54 Å². The maximum absolute atomic E-state index is 9.44. The predicted molar refractivity (Wildman–Crippen MR) is 65.0 cm³/mol. The van der Waals surface area contributed by atoms with E-state index in [2.05, 4.69) is 30.1 Å². The van der Waals surface area contributed by atoms with Crippen LogP contribution in [0.15, 0.2) is 0 Å². The lowest BCUT2D eigenvalue weighted by Crippen LogP contribution is -2.52. The van der Waals surface area contributed by atoms with Crippen molar-refractivity contribution in [3.05, 3.63) is 0 Å². The van der Waals surface area contributed by atoms with E-state index in [0.717, 1.165) is 19.6 Å². The topological polar surface area (TPSA) is 39.1 Å². The molecule has 1 heterocycles. The van der Waals surface area contributed by atoms with Crippen LogP contribution in [-0.2, 0) is 0 Å². The number of nitrogens with one attached hydrogen (secondary N) is 1. The summed E-state index contributed by atoms with van der Waals surface area (Å²) in [6.45, 7) is 7.80. The van der Waals surface area contributed by atoms with E-state index in [1.807, 2.05) is 7.05 Å². The quantitative estimate of drug-likeness (QED) is 0.784. The van der Waals surface area contributed by atoms with Gasteiger partial charge >= 0.3 is 0 Å². The highest BCUT2D eigenvalue weighted by Crippen LogP contribution is 2.41.